The van der Waals surface area contributed by atoms with Gasteiger partial charge in [-0.2, -0.15) is 6.92 Å². The zero-order chi connectivity index (χ0) is 22.9. The summed E-state index contributed by atoms with van der Waals surface area (Å²) < 4.78 is 6.43. The van der Waals surface area contributed by atoms with Gasteiger partial charge in [0.1, 0.15) is 11.3 Å². The molecule has 178 valence electrons. The van der Waals surface area contributed by atoms with E-state index >= 15 is 0 Å². The molecule has 0 N–H and O–H groups in total. The van der Waals surface area contributed by atoms with E-state index in [4.69, 9.17) is 4.42 Å². The summed E-state index contributed by atoms with van der Waals surface area (Å²) in [6, 6.07) is 26.0. The van der Waals surface area contributed by atoms with E-state index in [1.54, 1.807) is 6.92 Å². The van der Waals surface area contributed by atoms with Crippen LogP contribution in [0.2, 0.25) is 0 Å². The number of furan rings is 1. The Kier molecular flexibility index (Phi) is 12.5. The normalized spacial score (nSPS) is 12.1. The smallest absolute Gasteiger partial charge is 0.139 e. The van der Waals surface area contributed by atoms with E-state index in [-0.39, 0.29) is 78.3 Å². The van der Waals surface area contributed by atoms with Crippen molar-refractivity contribution in [1.82, 2.24) is 0 Å². The quantitative estimate of drug-likeness (QED) is 0.171. The first kappa shape index (κ1) is 32.2. The second-order valence-corrected chi connectivity index (χ2v) is 8.80. The maximum absolute atomic E-state index is 6.43. The summed E-state index contributed by atoms with van der Waals surface area (Å²) in [5.41, 5.74) is 4.85. The topological polar surface area (TPSA) is 13.1 Å². The molecule has 35 heavy (non-hydrogen) atoms. The van der Waals surface area contributed by atoms with Gasteiger partial charge in [0.15, 0.2) is 0 Å². The first-order valence-corrected chi connectivity index (χ1v) is 11.8. The largest absolute Gasteiger partial charge is 0.456 e. The molecule has 0 aliphatic heterocycles. The SMILES string of the molecule is CC1(C)c2c(ccc3ccccc23)-c2oc3ccc4ccccc4c3c21.CCCC.[CH2-]C.[CH3-].[Y].[Y]. The number of hydrogen-bond acceptors (Lipinski definition) is 1. The van der Waals surface area contributed by atoms with Gasteiger partial charge < -0.3 is 18.8 Å². The average molecular weight is 614 g/mol. The fraction of sp³-hybridized carbons (Fsp3) is 0.250. The van der Waals surface area contributed by atoms with Crippen LogP contribution in [0.1, 0.15) is 58.6 Å². The Balaban J connectivity index is 0.000000625. The number of benzene rings is 4. The molecule has 0 atom stereocenters. The summed E-state index contributed by atoms with van der Waals surface area (Å²) in [6.45, 7) is 14.0. The van der Waals surface area contributed by atoms with Gasteiger partial charge >= 0.3 is 0 Å². The minimum absolute atomic E-state index is 0. The molecule has 1 aromatic heterocycles. The molecule has 1 heterocycles. The summed E-state index contributed by atoms with van der Waals surface area (Å²) in [5.74, 6) is 1.04. The van der Waals surface area contributed by atoms with Crippen molar-refractivity contribution in [2.45, 2.75) is 52.9 Å². The van der Waals surface area contributed by atoms with Crippen molar-refractivity contribution < 1.29 is 69.8 Å². The monoisotopic (exact) mass is 614 g/mol. The van der Waals surface area contributed by atoms with Gasteiger partial charge in [0, 0.05) is 87.3 Å². The number of rotatable bonds is 1. The van der Waals surface area contributed by atoms with Crippen LogP contribution in [-0.2, 0) is 70.8 Å². The molecular weight excluding hydrogens is 578 g/mol. The van der Waals surface area contributed by atoms with Crippen LogP contribution in [0.4, 0.5) is 0 Å². The van der Waals surface area contributed by atoms with Crippen LogP contribution < -0.4 is 0 Å². The Morgan fingerprint density at radius 1 is 0.686 bits per heavy atom. The van der Waals surface area contributed by atoms with Crippen molar-refractivity contribution in [1.29, 1.82) is 0 Å². The molecule has 0 bridgehead atoms. The van der Waals surface area contributed by atoms with Gasteiger partial charge in [0.25, 0.3) is 0 Å². The minimum Gasteiger partial charge on any atom is -0.456 e. The second-order valence-electron chi connectivity index (χ2n) is 8.80. The molecule has 0 spiro atoms. The van der Waals surface area contributed by atoms with Crippen LogP contribution in [0.25, 0.3) is 43.8 Å². The molecule has 1 aliphatic carbocycles. The molecule has 5 aromatic rings. The Morgan fingerprint density at radius 2 is 1.20 bits per heavy atom. The third-order valence-electron chi connectivity index (χ3n) is 6.50. The molecule has 0 amide bonds. The van der Waals surface area contributed by atoms with Crippen LogP contribution in [0, 0.1) is 14.4 Å². The van der Waals surface area contributed by atoms with E-state index in [0.717, 1.165) is 11.3 Å². The van der Waals surface area contributed by atoms with Crippen molar-refractivity contribution in [3.05, 3.63) is 98.3 Å². The van der Waals surface area contributed by atoms with Crippen LogP contribution in [-0.4, -0.2) is 0 Å². The van der Waals surface area contributed by atoms with E-state index < -0.39 is 0 Å². The molecule has 2 radical (unpaired) electrons. The van der Waals surface area contributed by atoms with Crippen molar-refractivity contribution in [3.63, 3.8) is 0 Å². The van der Waals surface area contributed by atoms with E-state index in [1.165, 1.54) is 56.5 Å². The second kappa shape index (κ2) is 13.6. The summed E-state index contributed by atoms with van der Waals surface area (Å²) in [5, 5.41) is 6.43. The molecule has 3 heteroatoms. The van der Waals surface area contributed by atoms with Gasteiger partial charge in [-0.3, -0.25) is 0 Å². The Hall–Kier alpha value is -0.852. The molecular formula is C32H36OY2-2. The third kappa shape index (κ3) is 5.55. The van der Waals surface area contributed by atoms with Gasteiger partial charge in [0.05, 0.1) is 0 Å². The molecule has 0 saturated heterocycles. The predicted octanol–water partition coefficient (Wildman–Crippen LogP) is 10.1. The van der Waals surface area contributed by atoms with E-state index in [1.807, 2.05) is 0 Å². The molecule has 1 nitrogen and oxygen atoms in total. The maximum Gasteiger partial charge on any atom is 0.139 e. The Bertz CT molecular complexity index is 1390. The van der Waals surface area contributed by atoms with Crippen LogP contribution in [0.15, 0.2) is 77.2 Å². The fourth-order valence-corrected chi connectivity index (χ4v) is 4.91. The van der Waals surface area contributed by atoms with Crippen molar-refractivity contribution >= 4 is 32.5 Å². The van der Waals surface area contributed by atoms with E-state index in [2.05, 4.69) is 107 Å². The molecule has 6 rings (SSSR count). The van der Waals surface area contributed by atoms with Gasteiger partial charge in [0.2, 0.25) is 0 Å². The summed E-state index contributed by atoms with van der Waals surface area (Å²) >= 11 is 0. The first-order valence-electron chi connectivity index (χ1n) is 11.8. The zero-order valence-corrected chi connectivity index (χ0v) is 27.8. The van der Waals surface area contributed by atoms with Crippen LogP contribution in [0.5, 0.6) is 0 Å². The van der Waals surface area contributed by atoms with E-state index in [9.17, 15) is 0 Å². The van der Waals surface area contributed by atoms with E-state index in [0.29, 0.717) is 0 Å². The van der Waals surface area contributed by atoms with Crippen molar-refractivity contribution in [2.75, 3.05) is 0 Å². The molecule has 1 aliphatic rings. The first-order chi connectivity index (χ1) is 15.6. The summed E-state index contributed by atoms with van der Waals surface area (Å²) in [6.07, 6.45) is 2.64. The molecule has 0 unspecified atom stereocenters. The third-order valence-corrected chi connectivity index (χ3v) is 6.50. The van der Waals surface area contributed by atoms with Crippen molar-refractivity contribution in [2.24, 2.45) is 0 Å². The molecule has 4 aromatic carbocycles. The summed E-state index contributed by atoms with van der Waals surface area (Å²) in [4.78, 5) is 0. The Morgan fingerprint density at radius 3 is 1.80 bits per heavy atom. The van der Waals surface area contributed by atoms with Gasteiger partial charge in [-0.05, 0) is 33.2 Å². The predicted molar refractivity (Wildman–Crippen MR) is 147 cm³/mol. The van der Waals surface area contributed by atoms with Gasteiger partial charge in [-0.1, -0.05) is 107 Å². The molecule has 0 saturated carbocycles. The van der Waals surface area contributed by atoms with Crippen LogP contribution in [0.3, 0.4) is 0 Å². The standard InChI is InChI=1S/C25H18O.C4H10.C2H5.CH3.2Y/c1-25(2)22-18-10-6-4-8-16(18)11-13-19(22)24-23(25)21-17-9-5-3-7-15(17)12-14-20(21)26-24;1-3-4-2;1-2;;;/h3-14H,1-2H3;3-4H2,1-2H3;1H2,2H3;1H3;;/q;;2*-1;;. The fourth-order valence-electron chi connectivity index (χ4n) is 4.91. The number of fused-ring (bicyclic) bond motifs is 9. The average Bonchev–Trinajstić information content (AvgIpc) is 3.34. The number of hydrogen-bond donors (Lipinski definition) is 0. The molecule has 0 fully saturated rings. The van der Waals surface area contributed by atoms with Crippen LogP contribution >= 0.6 is 0 Å². The van der Waals surface area contributed by atoms with Gasteiger partial charge in [-0.25, -0.2) is 0 Å². The Labute approximate surface area is 262 Å². The maximum atomic E-state index is 6.43. The minimum atomic E-state index is -0.0963. The number of unbranched alkanes of at least 4 members (excludes halogenated alkanes) is 1. The van der Waals surface area contributed by atoms with Gasteiger partial charge in [-0.15, -0.1) is 0 Å². The summed E-state index contributed by atoms with van der Waals surface area (Å²) in [7, 11) is 0. The zero-order valence-electron chi connectivity index (χ0n) is 22.1. The van der Waals surface area contributed by atoms with Crippen molar-refractivity contribution in [3.8, 4) is 11.3 Å².